The molecule has 0 radical (unpaired) electrons. The molecule has 0 fully saturated rings. The number of H-pyrrole nitrogens is 1. The zero-order chi connectivity index (χ0) is 13.2. The molecule has 0 aromatic carbocycles. The van der Waals surface area contributed by atoms with E-state index < -0.39 is 11.5 Å². The second-order valence-corrected chi connectivity index (χ2v) is 4.92. The van der Waals surface area contributed by atoms with Crippen LogP contribution in [0.5, 0.6) is 0 Å². The molecule has 18 heavy (non-hydrogen) atoms. The highest BCUT2D eigenvalue weighted by Crippen LogP contribution is 2.25. The van der Waals surface area contributed by atoms with Crippen LogP contribution in [-0.4, -0.2) is 49.4 Å². The van der Waals surface area contributed by atoms with Crippen molar-refractivity contribution in [3.05, 3.63) is 12.7 Å². The predicted molar refractivity (Wildman–Crippen MR) is 67.5 cm³/mol. The first kappa shape index (κ1) is 12.8. The number of hydrogen-bond acceptors (Lipinski definition) is 6. The number of imidazole rings is 1. The third-order valence-corrected chi connectivity index (χ3v) is 4.01. The van der Waals surface area contributed by atoms with Crippen LogP contribution in [0, 0.1) is 0 Å². The Kier molecular flexibility index (Phi) is 3.48. The molecule has 0 amide bonds. The van der Waals surface area contributed by atoms with Gasteiger partial charge in [-0.3, -0.25) is 4.79 Å². The van der Waals surface area contributed by atoms with Gasteiger partial charge in [0.1, 0.15) is 22.4 Å². The van der Waals surface area contributed by atoms with E-state index in [0.29, 0.717) is 16.4 Å². The van der Waals surface area contributed by atoms with Crippen molar-refractivity contribution in [3.63, 3.8) is 0 Å². The van der Waals surface area contributed by atoms with Gasteiger partial charge in [0, 0.05) is 5.75 Å². The molecule has 0 aliphatic carbocycles. The molecule has 2 aromatic heterocycles. The third-order valence-electron chi connectivity index (χ3n) is 2.71. The van der Waals surface area contributed by atoms with Crippen LogP contribution in [0.2, 0.25) is 0 Å². The highest BCUT2D eigenvalue weighted by Gasteiger charge is 2.31. The number of fused-ring (bicyclic) bond motifs is 1. The SMILES string of the molecule is CNC(C)(CSc1ncnc2nc[nH]c12)C(=O)O. The van der Waals surface area contributed by atoms with E-state index >= 15 is 0 Å². The number of rotatable bonds is 5. The minimum Gasteiger partial charge on any atom is -0.480 e. The van der Waals surface area contributed by atoms with Crippen molar-refractivity contribution in [2.24, 2.45) is 0 Å². The smallest absolute Gasteiger partial charge is 0.324 e. The maximum Gasteiger partial charge on any atom is 0.324 e. The van der Waals surface area contributed by atoms with E-state index in [1.165, 1.54) is 24.4 Å². The number of hydrogen-bond donors (Lipinski definition) is 3. The highest BCUT2D eigenvalue weighted by molar-refractivity contribution is 7.99. The van der Waals surface area contributed by atoms with Crippen LogP contribution in [0.4, 0.5) is 0 Å². The van der Waals surface area contributed by atoms with Gasteiger partial charge in [-0.25, -0.2) is 15.0 Å². The lowest BCUT2D eigenvalue weighted by Gasteiger charge is -2.23. The summed E-state index contributed by atoms with van der Waals surface area (Å²) in [5, 5.41) is 12.7. The normalized spacial score (nSPS) is 14.6. The molecular formula is C10H13N5O2S. The van der Waals surface area contributed by atoms with E-state index in [-0.39, 0.29) is 0 Å². The Labute approximate surface area is 107 Å². The number of aromatic amines is 1. The van der Waals surface area contributed by atoms with E-state index in [0.717, 1.165) is 5.52 Å². The molecule has 8 heteroatoms. The molecule has 1 atom stereocenters. The van der Waals surface area contributed by atoms with E-state index in [1.54, 1.807) is 14.0 Å². The van der Waals surface area contributed by atoms with E-state index in [4.69, 9.17) is 5.11 Å². The Hall–Kier alpha value is -1.67. The minimum atomic E-state index is -0.998. The summed E-state index contributed by atoms with van der Waals surface area (Å²) in [5.41, 5.74) is 0.308. The zero-order valence-electron chi connectivity index (χ0n) is 9.97. The summed E-state index contributed by atoms with van der Waals surface area (Å²) >= 11 is 1.35. The number of aliphatic carboxylic acids is 1. The summed E-state index contributed by atoms with van der Waals surface area (Å²) in [4.78, 5) is 26.3. The average molecular weight is 267 g/mol. The topological polar surface area (TPSA) is 104 Å². The van der Waals surface area contributed by atoms with Gasteiger partial charge in [-0.05, 0) is 14.0 Å². The largest absolute Gasteiger partial charge is 0.480 e. The van der Waals surface area contributed by atoms with Crippen molar-refractivity contribution in [2.45, 2.75) is 17.5 Å². The second kappa shape index (κ2) is 4.91. The predicted octanol–water partition coefficient (Wildman–Crippen LogP) is 0.508. The van der Waals surface area contributed by atoms with Crippen molar-refractivity contribution in [1.82, 2.24) is 25.3 Å². The number of carboxylic acid groups (broad SMARTS) is 1. The Balaban J connectivity index is 2.20. The zero-order valence-corrected chi connectivity index (χ0v) is 10.8. The van der Waals surface area contributed by atoms with Gasteiger partial charge in [0.05, 0.1) is 6.33 Å². The molecule has 0 aliphatic rings. The fourth-order valence-electron chi connectivity index (χ4n) is 1.31. The number of nitrogens with zero attached hydrogens (tertiary/aromatic N) is 3. The van der Waals surface area contributed by atoms with Crippen molar-refractivity contribution >= 4 is 28.9 Å². The lowest BCUT2D eigenvalue weighted by Crippen LogP contribution is -2.49. The summed E-state index contributed by atoms with van der Waals surface area (Å²) in [6.45, 7) is 1.63. The number of carboxylic acids is 1. The van der Waals surface area contributed by atoms with Gasteiger partial charge < -0.3 is 15.4 Å². The van der Waals surface area contributed by atoms with Gasteiger partial charge in [0.15, 0.2) is 5.65 Å². The fraction of sp³-hybridized carbons (Fsp3) is 0.400. The Morgan fingerprint density at radius 2 is 2.33 bits per heavy atom. The minimum absolute atomic E-state index is 0.351. The summed E-state index contributed by atoms with van der Waals surface area (Å²) < 4.78 is 0. The van der Waals surface area contributed by atoms with Crippen molar-refractivity contribution < 1.29 is 9.90 Å². The molecule has 1 unspecified atom stereocenters. The maximum absolute atomic E-state index is 11.2. The highest BCUT2D eigenvalue weighted by atomic mass is 32.2. The first-order valence-corrected chi connectivity index (χ1v) is 6.24. The van der Waals surface area contributed by atoms with Crippen LogP contribution in [0.3, 0.4) is 0 Å². The second-order valence-electron chi connectivity index (χ2n) is 3.96. The first-order valence-electron chi connectivity index (χ1n) is 5.26. The number of aromatic nitrogens is 4. The van der Waals surface area contributed by atoms with E-state index in [1.807, 2.05) is 0 Å². The molecule has 0 spiro atoms. The number of carbonyl (C=O) groups is 1. The van der Waals surface area contributed by atoms with Crippen LogP contribution < -0.4 is 5.32 Å². The van der Waals surface area contributed by atoms with Gasteiger partial charge in [0.25, 0.3) is 0 Å². The third kappa shape index (κ3) is 2.29. The van der Waals surface area contributed by atoms with Gasteiger partial charge in [-0.15, -0.1) is 11.8 Å². The van der Waals surface area contributed by atoms with Crippen LogP contribution in [0.25, 0.3) is 11.2 Å². The molecule has 0 saturated heterocycles. The lowest BCUT2D eigenvalue weighted by atomic mass is 10.1. The summed E-state index contributed by atoms with van der Waals surface area (Å²) in [6.07, 6.45) is 2.96. The Morgan fingerprint density at radius 3 is 3.00 bits per heavy atom. The summed E-state index contributed by atoms with van der Waals surface area (Å²) in [5.74, 6) is -0.545. The summed E-state index contributed by atoms with van der Waals surface area (Å²) in [7, 11) is 1.63. The van der Waals surface area contributed by atoms with Gasteiger partial charge in [-0.1, -0.05) is 0 Å². The number of thioether (sulfide) groups is 1. The molecule has 2 aromatic rings. The van der Waals surface area contributed by atoms with Crippen molar-refractivity contribution in [1.29, 1.82) is 0 Å². The molecule has 0 aliphatic heterocycles. The molecule has 0 saturated carbocycles. The van der Waals surface area contributed by atoms with Crippen LogP contribution >= 0.6 is 11.8 Å². The van der Waals surface area contributed by atoms with Gasteiger partial charge in [0.2, 0.25) is 0 Å². The lowest BCUT2D eigenvalue weighted by molar-refractivity contribution is -0.142. The molecule has 3 N–H and O–H groups in total. The Bertz CT molecular complexity index is 572. The van der Waals surface area contributed by atoms with E-state index in [2.05, 4.69) is 25.3 Å². The monoisotopic (exact) mass is 267 g/mol. The van der Waals surface area contributed by atoms with Crippen LogP contribution in [0.15, 0.2) is 17.7 Å². The Morgan fingerprint density at radius 1 is 1.56 bits per heavy atom. The van der Waals surface area contributed by atoms with Gasteiger partial charge >= 0.3 is 5.97 Å². The van der Waals surface area contributed by atoms with Crippen LogP contribution in [0.1, 0.15) is 6.92 Å². The molecule has 7 nitrogen and oxygen atoms in total. The van der Waals surface area contributed by atoms with Crippen molar-refractivity contribution in [3.8, 4) is 0 Å². The molecule has 2 heterocycles. The number of likely N-dealkylation sites (N-methyl/N-ethyl adjacent to an activating group) is 1. The molecule has 96 valence electrons. The number of nitrogens with one attached hydrogen (secondary N) is 2. The van der Waals surface area contributed by atoms with Crippen LogP contribution in [-0.2, 0) is 4.79 Å². The van der Waals surface area contributed by atoms with Crippen molar-refractivity contribution in [2.75, 3.05) is 12.8 Å². The van der Waals surface area contributed by atoms with E-state index in [9.17, 15) is 4.79 Å². The van der Waals surface area contributed by atoms with Gasteiger partial charge in [-0.2, -0.15) is 0 Å². The first-order chi connectivity index (χ1) is 8.57. The molecule has 2 rings (SSSR count). The quantitative estimate of drug-likeness (QED) is 0.535. The average Bonchev–Trinajstić information content (AvgIpc) is 2.84. The summed E-state index contributed by atoms with van der Waals surface area (Å²) in [6, 6.07) is 0. The molecule has 0 bridgehead atoms. The standard InChI is InChI=1S/C10H13N5O2S/c1-10(11-2,9(16)17)3-18-8-6-7(13-4-12-6)14-5-15-8/h4-5,11H,3H2,1-2H3,(H,16,17)(H,12,13,14,15). The fourth-order valence-corrected chi connectivity index (χ4v) is 2.42. The maximum atomic E-state index is 11.2. The molecular weight excluding hydrogens is 254 g/mol.